The predicted molar refractivity (Wildman–Crippen MR) is 102 cm³/mol. The van der Waals surface area contributed by atoms with E-state index >= 15 is 0 Å². The Morgan fingerprint density at radius 1 is 0.806 bits per heavy atom. The van der Waals surface area contributed by atoms with E-state index in [1.807, 2.05) is 0 Å². The van der Waals surface area contributed by atoms with Gasteiger partial charge < -0.3 is 47.7 Å². The van der Waals surface area contributed by atoms with E-state index in [0.717, 1.165) is 0 Å². The van der Waals surface area contributed by atoms with Gasteiger partial charge in [0.25, 0.3) is 0 Å². The molecule has 9 atom stereocenters. The van der Waals surface area contributed by atoms with E-state index in [1.165, 1.54) is 0 Å². The van der Waals surface area contributed by atoms with Crippen LogP contribution >= 0.6 is 0 Å². The van der Waals surface area contributed by atoms with Crippen LogP contribution in [0.1, 0.15) is 12.8 Å². The summed E-state index contributed by atoms with van der Waals surface area (Å²) in [6.07, 6.45) is -4.79. The molecule has 2 fully saturated rings. The number of aliphatic hydroxyl groups excluding tert-OH is 3. The zero-order valence-corrected chi connectivity index (χ0v) is 17.7. The average molecular weight is 503 g/mol. The summed E-state index contributed by atoms with van der Waals surface area (Å²) >= 11 is 0. The minimum atomic E-state index is -4.67. The fraction of sp³-hybridized carbons (Fsp3) is 1.00. The maximum atomic E-state index is 10.1. The molecule has 2 rings (SSSR count). The maximum absolute atomic E-state index is 10.1. The highest BCUT2D eigenvalue weighted by atomic mass is 32.3. The molecule has 0 bridgehead atoms. The molecule has 31 heavy (non-hydrogen) atoms. The first-order chi connectivity index (χ1) is 13.8. The van der Waals surface area contributed by atoms with Crippen molar-refractivity contribution in [2.24, 2.45) is 22.9 Å². The molecule has 188 valence electrons. The number of nitrogens with two attached hydrogens (primary N) is 4. The van der Waals surface area contributed by atoms with Crippen molar-refractivity contribution in [2.45, 2.75) is 67.8 Å². The summed E-state index contributed by atoms with van der Waals surface area (Å²) in [5.41, 5.74) is 23.0. The van der Waals surface area contributed by atoms with Crippen molar-refractivity contribution in [3.63, 3.8) is 0 Å². The van der Waals surface area contributed by atoms with E-state index < -0.39 is 75.7 Å². The second-order valence-electron chi connectivity index (χ2n) is 6.79. The lowest BCUT2D eigenvalue weighted by atomic mass is 9.84. The van der Waals surface area contributed by atoms with Crippen molar-refractivity contribution in [1.82, 2.24) is 0 Å². The number of aliphatic hydroxyl groups is 3. The summed E-state index contributed by atoms with van der Waals surface area (Å²) < 4.78 is 74.4. The van der Waals surface area contributed by atoms with Gasteiger partial charge in [-0.25, -0.2) is 0 Å². The monoisotopic (exact) mass is 502 g/mol. The number of hydrogen-bond acceptors (Lipinski definition) is 13. The van der Waals surface area contributed by atoms with E-state index in [9.17, 15) is 15.3 Å². The molecular weight excluding hydrogens is 472 g/mol. The quantitative estimate of drug-likeness (QED) is 0.160. The number of rotatable bonds is 3. The van der Waals surface area contributed by atoms with Crippen LogP contribution in [0.25, 0.3) is 0 Å². The summed E-state index contributed by atoms with van der Waals surface area (Å²) in [5, 5.41) is 29.7. The fourth-order valence-corrected chi connectivity index (χ4v) is 2.88. The largest absolute Gasteiger partial charge is 0.394 e. The van der Waals surface area contributed by atoms with Gasteiger partial charge in [0.05, 0.1) is 24.4 Å². The van der Waals surface area contributed by atoms with Gasteiger partial charge >= 0.3 is 20.8 Å². The summed E-state index contributed by atoms with van der Waals surface area (Å²) in [6, 6.07) is -1.72. The Morgan fingerprint density at radius 2 is 1.26 bits per heavy atom. The van der Waals surface area contributed by atoms with Gasteiger partial charge in [-0.15, -0.1) is 0 Å². The second kappa shape index (κ2) is 12.6. The molecule has 0 spiro atoms. The lowest BCUT2D eigenvalue weighted by molar-refractivity contribution is -0.268. The molecule has 15 N–H and O–H groups in total. The Bertz CT molecular complexity index is 693. The van der Waals surface area contributed by atoms with Gasteiger partial charge in [0.15, 0.2) is 6.29 Å². The molecule has 19 heteroatoms. The van der Waals surface area contributed by atoms with E-state index in [1.54, 1.807) is 0 Å². The SMILES string of the molecule is NC[C@H]1O[C@H](O[C@H]2[C@H](O)[C@@H](O)[C@H](N)C[C@@H]2N)[C@H](N)C[C@@H]1O.O=S(=O)(O)O.O=S(=O)(O)O. The molecule has 0 aromatic rings. The molecule has 1 heterocycles. The van der Waals surface area contributed by atoms with Crippen molar-refractivity contribution in [1.29, 1.82) is 0 Å². The molecule has 0 unspecified atom stereocenters. The van der Waals surface area contributed by atoms with Crippen LogP contribution in [0.3, 0.4) is 0 Å². The first-order valence-electron chi connectivity index (χ1n) is 8.56. The molecule has 0 aromatic heterocycles. The minimum Gasteiger partial charge on any atom is -0.390 e. The fourth-order valence-electron chi connectivity index (χ4n) is 2.88. The summed E-state index contributed by atoms with van der Waals surface area (Å²) in [4.78, 5) is 0. The van der Waals surface area contributed by atoms with Gasteiger partial charge in [-0.3, -0.25) is 18.2 Å². The molecule has 0 aromatic carbocycles. The Kier molecular flexibility index (Phi) is 12.3. The van der Waals surface area contributed by atoms with Crippen molar-refractivity contribution in [2.75, 3.05) is 6.54 Å². The van der Waals surface area contributed by atoms with Gasteiger partial charge in [0.2, 0.25) is 0 Å². The molecule has 0 radical (unpaired) electrons. The summed E-state index contributed by atoms with van der Waals surface area (Å²) in [5.74, 6) is 0. The minimum absolute atomic E-state index is 0.126. The van der Waals surface area contributed by atoms with Crippen molar-refractivity contribution in [3.8, 4) is 0 Å². The van der Waals surface area contributed by atoms with E-state index in [2.05, 4.69) is 0 Å². The smallest absolute Gasteiger partial charge is 0.390 e. The third-order valence-corrected chi connectivity index (χ3v) is 4.22. The third kappa shape index (κ3) is 12.9. The van der Waals surface area contributed by atoms with E-state index in [0.29, 0.717) is 6.42 Å². The highest BCUT2D eigenvalue weighted by molar-refractivity contribution is 7.80. The predicted octanol–water partition coefficient (Wildman–Crippen LogP) is -5.39. The molecule has 17 nitrogen and oxygen atoms in total. The highest BCUT2D eigenvalue weighted by Crippen LogP contribution is 2.26. The van der Waals surface area contributed by atoms with Crippen LogP contribution in [0.4, 0.5) is 0 Å². The van der Waals surface area contributed by atoms with Crippen LogP contribution in [-0.2, 0) is 30.3 Å². The first kappa shape index (κ1) is 30.4. The zero-order valence-electron chi connectivity index (χ0n) is 16.0. The molecule has 2 aliphatic rings. The van der Waals surface area contributed by atoms with Crippen LogP contribution in [-0.4, -0.2) is 112 Å². The zero-order chi connectivity index (χ0) is 24.7. The lowest BCUT2D eigenvalue weighted by Gasteiger charge is -2.44. The maximum Gasteiger partial charge on any atom is 0.394 e. The van der Waals surface area contributed by atoms with Crippen LogP contribution in [0.15, 0.2) is 0 Å². The van der Waals surface area contributed by atoms with Gasteiger partial charge in [-0.1, -0.05) is 0 Å². The van der Waals surface area contributed by atoms with Gasteiger partial charge in [0, 0.05) is 18.6 Å². The molecular formula is C12H30N4O13S2. The van der Waals surface area contributed by atoms with Gasteiger partial charge in [-0.2, -0.15) is 16.8 Å². The Labute approximate surface area is 178 Å². The standard InChI is InChI=1S/C12H26N4O5.2H2O4S/c13-3-8-7(17)2-6(16)12(20-8)21-11-5(15)1-4(14)9(18)10(11)19;2*1-5(2,3)4/h4-12,17-19H,1-3,13-16H2;2*(H2,1,2,3,4)/t4-,5+,6-,7+,8-,9+,10-,11-,12-;;/m1../s1. The van der Waals surface area contributed by atoms with E-state index in [-0.39, 0.29) is 13.0 Å². The van der Waals surface area contributed by atoms with Crippen LogP contribution < -0.4 is 22.9 Å². The molecule has 1 saturated carbocycles. The normalized spacial score (nSPS) is 38.9. The third-order valence-electron chi connectivity index (χ3n) is 4.22. The number of ether oxygens (including phenoxy) is 2. The lowest BCUT2D eigenvalue weighted by Crippen LogP contribution is -2.64. The molecule has 1 aliphatic heterocycles. The Hall–Kier alpha value is -0.620. The van der Waals surface area contributed by atoms with Gasteiger partial charge in [0.1, 0.15) is 12.2 Å². The van der Waals surface area contributed by atoms with Crippen LogP contribution in [0.2, 0.25) is 0 Å². The summed E-state index contributed by atoms with van der Waals surface area (Å²) in [7, 11) is -9.33. The van der Waals surface area contributed by atoms with Crippen molar-refractivity contribution >= 4 is 20.8 Å². The van der Waals surface area contributed by atoms with Crippen molar-refractivity contribution in [3.05, 3.63) is 0 Å². The topological polar surface area (TPSA) is 332 Å². The van der Waals surface area contributed by atoms with Gasteiger partial charge in [-0.05, 0) is 12.8 Å². The molecule has 0 amide bonds. The highest BCUT2D eigenvalue weighted by Gasteiger charge is 2.45. The van der Waals surface area contributed by atoms with E-state index in [4.69, 9.17) is 67.5 Å². The first-order valence-corrected chi connectivity index (χ1v) is 11.4. The Morgan fingerprint density at radius 3 is 1.68 bits per heavy atom. The van der Waals surface area contributed by atoms with Crippen molar-refractivity contribution < 1.29 is 59.8 Å². The molecule has 1 aliphatic carbocycles. The molecule has 1 saturated heterocycles. The van der Waals surface area contributed by atoms with Crippen LogP contribution in [0, 0.1) is 0 Å². The number of hydrogen-bond donors (Lipinski definition) is 11. The average Bonchev–Trinajstić information content (AvgIpc) is 2.55. The summed E-state index contributed by atoms with van der Waals surface area (Å²) in [6.45, 7) is 0.126. The van der Waals surface area contributed by atoms with Crippen LogP contribution in [0.5, 0.6) is 0 Å². The Balaban J connectivity index is 0.000000752. The second-order valence-corrected chi connectivity index (χ2v) is 8.58.